The maximum Gasteiger partial charge on any atom is 0.192 e. The summed E-state index contributed by atoms with van der Waals surface area (Å²) >= 11 is 0. The van der Waals surface area contributed by atoms with Crippen molar-refractivity contribution in [1.82, 2.24) is 0 Å². The second-order valence-electron chi connectivity index (χ2n) is 11.9. The molecule has 1 N–H and O–H groups in total. The highest BCUT2D eigenvalue weighted by Crippen LogP contribution is 2.38. The monoisotopic (exact) mass is 564 g/mol. The standard InChI is InChI=1S/C33H44O6Si/c1-33(2,3)40(4,5)38-24-28-29(35-21-25-15-9-6-10-16-25)30(36-22-26-17-11-7-12-18-26)31(32(34)39-28)37-23-27-19-13-8-14-20-27/h6-20,28-32,34H,21-24H2,1-5H3. The first-order chi connectivity index (χ1) is 19.1. The molecule has 0 aromatic heterocycles. The Morgan fingerprint density at radius 3 is 1.48 bits per heavy atom. The van der Waals surface area contributed by atoms with Crippen molar-refractivity contribution < 1.29 is 28.5 Å². The van der Waals surface area contributed by atoms with Gasteiger partial charge in [-0.3, -0.25) is 0 Å². The fourth-order valence-corrected chi connectivity index (χ4v) is 5.42. The smallest absolute Gasteiger partial charge is 0.192 e. The van der Waals surface area contributed by atoms with Crippen molar-refractivity contribution in [3.05, 3.63) is 108 Å². The highest BCUT2D eigenvalue weighted by Gasteiger charge is 2.49. The van der Waals surface area contributed by atoms with Crippen LogP contribution in [-0.4, -0.2) is 50.7 Å². The molecule has 4 rings (SSSR count). The van der Waals surface area contributed by atoms with Crippen LogP contribution in [0, 0.1) is 0 Å². The van der Waals surface area contributed by atoms with Crippen LogP contribution in [0.5, 0.6) is 0 Å². The van der Waals surface area contributed by atoms with Gasteiger partial charge in [-0.2, -0.15) is 0 Å². The van der Waals surface area contributed by atoms with E-state index >= 15 is 0 Å². The number of hydrogen-bond donors (Lipinski definition) is 1. The van der Waals surface area contributed by atoms with Gasteiger partial charge in [0.05, 0.1) is 26.4 Å². The van der Waals surface area contributed by atoms with Crippen LogP contribution in [0.2, 0.25) is 18.1 Å². The van der Waals surface area contributed by atoms with Gasteiger partial charge in [-0.1, -0.05) is 112 Å². The highest BCUT2D eigenvalue weighted by molar-refractivity contribution is 6.74. The molecule has 5 atom stereocenters. The first-order valence-corrected chi connectivity index (χ1v) is 17.0. The van der Waals surface area contributed by atoms with Gasteiger partial charge in [-0.05, 0) is 34.8 Å². The van der Waals surface area contributed by atoms with Crippen LogP contribution in [0.4, 0.5) is 0 Å². The fourth-order valence-electron chi connectivity index (χ4n) is 4.40. The minimum absolute atomic E-state index is 0.0330. The van der Waals surface area contributed by atoms with E-state index in [1.165, 1.54) is 0 Å². The molecular weight excluding hydrogens is 520 g/mol. The van der Waals surface area contributed by atoms with E-state index in [0.717, 1.165) is 16.7 Å². The third-order valence-corrected chi connectivity index (χ3v) is 12.4. The highest BCUT2D eigenvalue weighted by atomic mass is 28.4. The summed E-state index contributed by atoms with van der Waals surface area (Å²) in [6.07, 6.45) is -3.62. The lowest BCUT2D eigenvalue weighted by atomic mass is 9.98. The Morgan fingerprint density at radius 1 is 0.650 bits per heavy atom. The Hall–Kier alpha value is -2.36. The van der Waals surface area contributed by atoms with Gasteiger partial charge < -0.3 is 28.5 Å². The molecule has 0 radical (unpaired) electrons. The Bertz CT molecular complexity index is 1140. The van der Waals surface area contributed by atoms with Crippen molar-refractivity contribution in [3.8, 4) is 0 Å². The molecule has 1 aliphatic rings. The molecule has 1 saturated heterocycles. The second kappa shape index (κ2) is 14.0. The molecule has 1 aliphatic heterocycles. The zero-order chi connectivity index (χ0) is 28.6. The van der Waals surface area contributed by atoms with E-state index in [2.05, 4.69) is 33.9 Å². The minimum atomic E-state index is -2.09. The summed E-state index contributed by atoms with van der Waals surface area (Å²) in [5.41, 5.74) is 3.07. The van der Waals surface area contributed by atoms with E-state index in [4.69, 9.17) is 23.4 Å². The zero-order valence-corrected chi connectivity index (χ0v) is 25.4. The average molecular weight is 565 g/mol. The van der Waals surface area contributed by atoms with Crippen molar-refractivity contribution >= 4 is 8.32 Å². The van der Waals surface area contributed by atoms with Gasteiger partial charge in [0.15, 0.2) is 14.6 Å². The topological polar surface area (TPSA) is 66.4 Å². The molecule has 0 aliphatic carbocycles. The molecule has 7 heteroatoms. The van der Waals surface area contributed by atoms with Crippen molar-refractivity contribution in [2.75, 3.05) is 6.61 Å². The van der Waals surface area contributed by atoms with E-state index in [9.17, 15) is 5.11 Å². The van der Waals surface area contributed by atoms with Gasteiger partial charge in [0, 0.05) is 0 Å². The summed E-state index contributed by atoms with van der Waals surface area (Å²) in [6.45, 7) is 12.4. The molecule has 0 saturated carbocycles. The summed E-state index contributed by atoms with van der Waals surface area (Å²) in [6, 6.07) is 29.9. The van der Waals surface area contributed by atoms with E-state index in [0.29, 0.717) is 26.4 Å². The molecule has 0 amide bonds. The van der Waals surface area contributed by atoms with Crippen LogP contribution >= 0.6 is 0 Å². The molecule has 216 valence electrons. The predicted octanol–water partition coefficient (Wildman–Crippen LogP) is 6.48. The number of hydrogen-bond acceptors (Lipinski definition) is 6. The molecule has 3 aromatic rings. The SMILES string of the molecule is CC(C)(C)[Si](C)(C)OCC1OC(O)C(OCc2ccccc2)C(OCc2ccccc2)C1OCc1ccccc1. The quantitative estimate of drug-likeness (QED) is 0.254. The molecule has 5 unspecified atom stereocenters. The zero-order valence-electron chi connectivity index (χ0n) is 24.4. The number of aliphatic hydroxyl groups excluding tert-OH is 1. The molecule has 40 heavy (non-hydrogen) atoms. The van der Waals surface area contributed by atoms with Crippen molar-refractivity contribution in [2.24, 2.45) is 0 Å². The van der Waals surface area contributed by atoms with Crippen LogP contribution in [-0.2, 0) is 43.2 Å². The third-order valence-electron chi connectivity index (χ3n) is 7.88. The minimum Gasteiger partial charge on any atom is -0.414 e. The van der Waals surface area contributed by atoms with Crippen LogP contribution < -0.4 is 0 Å². The Labute approximate surface area is 240 Å². The summed E-state index contributed by atoms with van der Waals surface area (Å²) in [7, 11) is -2.09. The van der Waals surface area contributed by atoms with Gasteiger partial charge >= 0.3 is 0 Å². The van der Waals surface area contributed by atoms with Crippen LogP contribution in [0.25, 0.3) is 0 Å². The number of ether oxygens (including phenoxy) is 4. The van der Waals surface area contributed by atoms with E-state index in [1.807, 2.05) is 91.0 Å². The molecule has 0 spiro atoms. The molecule has 1 heterocycles. The van der Waals surface area contributed by atoms with Crippen molar-refractivity contribution in [1.29, 1.82) is 0 Å². The lowest BCUT2D eigenvalue weighted by Gasteiger charge is -2.46. The maximum atomic E-state index is 11.3. The second-order valence-corrected chi connectivity index (χ2v) is 16.7. The molecular formula is C33H44O6Si. The largest absolute Gasteiger partial charge is 0.414 e. The Morgan fingerprint density at radius 2 is 1.05 bits per heavy atom. The Balaban J connectivity index is 1.60. The molecule has 3 aromatic carbocycles. The average Bonchev–Trinajstić information content (AvgIpc) is 2.95. The first-order valence-electron chi connectivity index (χ1n) is 14.1. The van der Waals surface area contributed by atoms with Crippen LogP contribution in [0.15, 0.2) is 91.0 Å². The van der Waals surface area contributed by atoms with Crippen molar-refractivity contribution in [3.63, 3.8) is 0 Å². The van der Waals surface area contributed by atoms with E-state index in [-0.39, 0.29) is 5.04 Å². The van der Waals surface area contributed by atoms with Gasteiger partial charge in [0.25, 0.3) is 0 Å². The van der Waals surface area contributed by atoms with Gasteiger partial charge in [-0.15, -0.1) is 0 Å². The number of aliphatic hydroxyl groups is 1. The lowest BCUT2D eigenvalue weighted by Crippen LogP contribution is -2.61. The lowest BCUT2D eigenvalue weighted by molar-refractivity contribution is -0.314. The summed E-state index contributed by atoms with van der Waals surface area (Å²) < 4.78 is 32.2. The first kappa shape index (κ1) is 30.6. The molecule has 6 nitrogen and oxygen atoms in total. The summed E-state index contributed by atoms with van der Waals surface area (Å²) in [5, 5.41) is 11.3. The third kappa shape index (κ3) is 8.33. The molecule has 0 bridgehead atoms. The van der Waals surface area contributed by atoms with Gasteiger partial charge in [0.2, 0.25) is 0 Å². The number of rotatable bonds is 12. The maximum absolute atomic E-state index is 11.3. The fraction of sp³-hybridized carbons (Fsp3) is 0.455. The van der Waals surface area contributed by atoms with Crippen molar-refractivity contribution in [2.45, 2.75) is 89.4 Å². The van der Waals surface area contributed by atoms with E-state index in [1.54, 1.807) is 0 Å². The normalized spacial score (nSPS) is 23.7. The van der Waals surface area contributed by atoms with Crippen LogP contribution in [0.1, 0.15) is 37.5 Å². The van der Waals surface area contributed by atoms with Gasteiger partial charge in [0.1, 0.15) is 24.4 Å². The number of benzene rings is 3. The Kier molecular flexibility index (Phi) is 10.7. The van der Waals surface area contributed by atoms with Gasteiger partial charge in [-0.25, -0.2) is 0 Å². The van der Waals surface area contributed by atoms with E-state index < -0.39 is 39.0 Å². The molecule has 1 fully saturated rings. The van der Waals surface area contributed by atoms with Crippen LogP contribution in [0.3, 0.4) is 0 Å². The summed E-state index contributed by atoms with van der Waals surface area (Å²) in [4.78, 5) is 0. The summed E-state index contributed by atoms with van der Waals surface area (Å²) in [5.74, 6) is 0. The predicted molar refractivity (Wildman–Crippen MR) is 159 cm³/mol.